The van der Waals surface area contributed by atoms with E-state index in [9.17, 15) is 19.1 Å². The van der Waals surface area contributed by atoms with Crippen molar-refractivity contribution in [3.63, 3.8) is 0 Å². The molecule has 2 aromatic heterocycles. The van der Waals surface area contributed by atoms with E-state index in [1.165, 1.54) is 12.1 Å². The average molecular weight is 568 g/mol. The van der Waals surface area contributed by atoms with Gasteiger partial charge in [-0.15, -0.1) is 0 Å². The van der Waals surface area contributed by atoms with E-state index in [-0.39, 0.29) is 34.9 Å². The van der Waals surface area contributed by atoms with Gasteiger partial charge in [-0.2, -0.15) is 5.10 Å². The van der Waals surface area contributed by atoms with Crippen molar-refractivity contribution >= 4 is 23.6 Å². The quantitative estimate of drug-likeness (QED) is 0.312. The summed E-state index contributed by atoms with van der Waals surface area (Å²) in [5, 5.41) is 23.4. The number of aromatic nitrogens is 3. The zero-order valence-electron chi connectivity index (χ0n) is 23.3. The lowest BCUT2D eigenvalue weighted by molar-refractivity contribution is -0.118. The van der Waals surface area contributed by atoms with E-state index >= 15 is 0 Å². The highest BCUT2D eigenvalue weighted by molar-refractivity contribution is 6.03. The van der Waals surface area contributed by atoms with Crippen molar-refractivity contribution < 1.29 is 19.1 Å². The maximum absolute atomic E-state index is 13.8. The molecule has 0 bridgehead atoms. The highest BCUT2D eigenvalue weighted by Crippen LogP contribution is 2.53. The van der Waals surface area contributed by atoms with Gasteiger partial charge in [0.15, 0.2) is 11.6 Å². The molecule has 7 rings (SSSR count). The number of pyridine rings is 1. The summed E-state index contributed by atoms with van der Waals surface area (Å²) in [6.45, 7) is 0.481. The lowest BCUT2D eigenvalue weighted by Gasteiger charge is -2.39. The Bertz CT molecular complexity index is 1600. The molecule has 3 aromatic rings. The second-order valence-electron chi connectivity index (χ2n) is 12.4. The number of aliphatic hydroxyl groups is 1. The molecular formula is C33H34FN5O3. The molecule has 216 valence electrons. The number of carbonyl (C=O) groups is 2. The summed E-state index contributed by atoms with van der Waals surface area (Å²) in [6.07, 6.45) is 12.3. The van der Waals surface area contributed by atoms with Gasteiger partial charge in [0.1, 0.15) is 11.5 Å². The van der Waals surface area contributed by atoms with Crippen LogP contribution in [0.1, 0.15) is 79.0 Å². The molecule has 8 nitrogen and oxygen atoms in total. The van der Waals surface area contributed by atoms with E-state index in [0.29, 0.717) is 54.1 Å². The van der Waals surface area contributed by atoms with Crippen LogP contribution in [0.25, 0.3) is 17.2 Å². The molecule has 3 aliphatic carbocycles. The van der Waals surface area contributed by atoms with Gasteiger partial charge in [0, 0.05) is 47.5 Å². The topological polar surface area (TPSA) is 120 Å². The zero-order chi connectivity index (χ0) is 28.8. The Morgan fingerprint density at radius 1 is 1.14 bits per heavy atom. The smallest absolute Gasteiger partial charge is 0.269 e. The van der Waals surface area contributed by atoms with Gasteiger partial charge in [0.2, 0.25) is 0 Å². The van der Waals surface area contributed by atoms with Crippen molar-refractivity contribution in [1.29, 1.82) is 0 Å². The number of carbonyl (C=O) groups excluding carboxylic acids is 2. The van der Waals surface area contributed by atoms with Crippen LogP contribution < -0.4 is 10.6 Å². The molecular weight excluding hydrogens is 533 g/mol. The molecule has 2 fully saturated rings. The van der Waals surface area contributed by atoms with E-state index in [2.05, 4.69) is 25.8 Å². The van der Waals surface area contributed by atoms with E-state index in [4.69, 9.17) is 0 Å². The third-order valence-corrected chi connectivity index (χ3v) is 9.47. The molecule has 0 radical (unpaired) electrons. The minimum absolute atomic E-state index is 0.00678. The molecule has 4 aliphatic rings. The summed E-state index contributed by atoms with van der Waals surface area (Å²) in [7, 11) is 0. The SMILES string of the molecule is O=C1CC2(CCCC2)CC2=C1C(/C=C/c1ccc(-c3cccc(F)c3)cn1)c1c(n[nH]c1C(=O)NCC1CC(O)C1)N2. The van der Waals surface area contributed by atoms with E-state index in [0.717, 1.165) is 48.9 Å². The van der Waals surface area contributed by atoms with Crippen LogP contribution in [0.3, 0.4) is 0 Å². The number of fused-ring (bicyclic) bond motifs is 1. The first-order chi connectivity index (χ1) is 20.4. The number of aliphatic hydroxyl groups excluding tert-OH is 1. The number of H-pyrrole nitrogens is 1. The average Bonchev–Trinajstić information content (AvgIpc) is 3.60. The fourth-order valence-corrected chi connectivity index (χ4v) is 7.22. The molecule has 3 heterocycles. The Balaban J connectivity index is 1.20. The number of nitrogens with zero attached hydrogens (tertiary/aromatic N) is 2. The molecule has 1 spiro atoms. The number of aromatic amines is 1. The van der Waals surface area contributed by atoms with Crippen molar-refractivity contribution in [3.8, 4) is 11.1 Å². The standard InChI is InChI=1S/C33H34FN5O3/c34-22-5-3-4-20(14-22)21-6-7-23(35-18-21)8-9-25-28-26(15-33(16-27(28)41)10-1-2-11-33)37-31-29(25)30(38-39-31)32(42)36-17-19-12-24(40)13-19/h3-9,14,18-19,24-25,40H,1-2,10-13,15-17H2,(H,36,42)(H2,37,38,39)/b9-8+. The van der Waals surface area contributed by atoms with Crippen molar-refractivity contribution in [2.45, 2.75) is 63.4 Å². The number of anilines is 1. The van der Waals surface area contributed by atoms with Crippen molar-refractivity contribution in [3.05, 3.63) is 82.7 Å². The van der Waals surface area contributed by atoms with Gasteiger partial charge in [-0.1, -0.05) is 37.1 Å². The predicted molar refractivity (Wildman–Crippen MR) is 157 cm³/mol. The van der Waals surface area contributed by atoms with E-state index < -0.39 is 5.92 Å². The number of nitrogens with one attached hydrogen (secondary N) is 3. The fraction of sp³-hybridized carbons (Fsp3) is 0.394. The Hall–Kier alpha value is -4.11. The number of hydrogen-bond donors (Lipinski definition) is 4. The van der Waals surface area contributed by atoms with Crippen LogP contribution in [0.15, 0.2) is 59.9 Å². The summed E-state index contributed by atoms with van der Waals surface area (Å²) < 4.78 is 13.7. The second-order valence-corrected chi connectivity index (χ2v) is 12.4. The highest BCUT2D eigenvalue weighted by atomic mass is 19.1. The van der Waals surface area contributed by atoms with Crippen LogP contribution in [0.2, 0.25) is 0 Å². The number of ketones is 1. The zero-order valence-corrected chi connectivity index (χ0v) is 23.3. The minimum Gasteiger partial charge on any atom is -0.393 e. The van der Waals surface area contributed by atoms with Gasteiger partial charge in [-0.25, -0.2) is 4.39 Å². The van der Waals surface area contributed by atoms with E-state index in [1.54, 1.807) is 12.3 Å². The van der Waals surface area contributed by atoms with Gasteiger partial charge in [-0.05, 0) is 73.3 Å². The van der Waals surface area contributed by atoms with Gasteiger partial charge in [0.25, 0.3) is 5.91 Å². The van der Waals surface area contributed by atoms with Crippen LogP contribution in [0.4, 0.5) is 10.2 Å². The molecule has 1 atom stereocenters. The van der Waals surface area contributed by atoms with Gasteiger partial charge < -0.3 is 15.7 Å². The predicted octanol–water partition coefficient (Wildman–Crippen LogP) is 5.51. The molecule has 42 heavy (non-hydrogen) atoms. The molecule has 0 saturated heterocycles. The summed E-state index contributed by atoms with van der Waals surface area (Å²) in [5.74, 6) is -0.0836. The van der Waals surface area contributed by atoms with Gasteiger partial charge in [-0.3, -0.25) is 19.7 Å². The number of rotatable bonds is 6. The number of amides is 1. The lowest BCUT2D eigenvalue weighted by Crippen LogP contribution is -2.39. The summed E-state index contributed by atoms with van der Waals surface area (Å²) in [6, 6.07) is 10.1. The molecule has 2 saturated carbocycles. The fourth-order valence-electron chi connectivity index (χ4n) is 7.22. The largest absolute Gasteiger partial charge is 0.393 e. The second kappa shape index (κ2) is 10.6. The summed E-state index contributed by atoms with van der Waals surface area (Å²) >= 11 is 0. The van der Waals surface area contributed by atoms with Crippen LogP contribution in [-0.2, 0) is 4.79 Å². The van der Waals surface area contributed by atoms with Gasteiger partial charge >= 0.3 is 0 Å². The number of benzene rings is 1. The normalized spacial score (nSPS) is 24.3. The van der Waals surface area contributed by atoms with Crippen LogP contribution in [0.5, 0.6) is 0 Å². The summed E-state index contributed by atoms with van der Waals surface area (Å²) in [5.41, 5.74) is 4.84. The van der Waals surface area contributed by atoms with Crippen molar-refractivity contribution in [1.82, 2.24) is 20.5 Å². The lowest BCUT2D eigenvalue weighted by atomic mass is 9.67. The molecule has 4 N–H and O–H groups in total. The number of halogens is 1. The number of Topliss-reactive ketones (excluding diaryl/α,β-unsaturated/α-hetero) is 1. The van der Waals surface area contributed by atoms with Crippen LogP contribution >= 0.6 is 0 Å². The first kappa shape index (κ1) is 26.8. The molecule has 1 unspecified atom stereocenters. The van der Waals surface area contributed by atoms with Crippen LogP contribution in [-0.4, -0.2) is 44.6 Å². The number of hydrogen-bond acceptors (Lipinski definition) is 6. The third kappa shape index (κ3) is 4.96. The van der Waals surface area contributed by atoms with Crippen molar-refractivity contribution in [2.24, 2.45) is 11.3 Å². The number of allylic oxidation sites excluding steroid dienone is 3. The van der Waals surface area contributed by atoms with Crippen molar-refractivity contribution in [2.75, 3.05) is 11.9 Å². The third-order valence-electron chi connectivity index (χ3n) is 9.47. The first-order valence-electron chi connectivity index (χ1n) is 14.9. The minimum atomic E-state index is -0.461. The molecule has 1 aliphatic heterocycles. The van der Waals surface area contributed by atoms with Gasteiger partial charge in [0.05, 0.1) is 11.8 Å². The highest BCUT2D eigenvalue weighted by Gasteiger charge is 2.46. The Morgan fingerprint density at radius 2 is 1.98 bits per heavy atom. The van der Waals surface area contributed by atoms with E-state index in [1.807, 2.05) is 30.4 Å². The maximum atomic E-state index is 13.8. The monoisotopic (exact) mass is 567 g/mol. The Kier molecular flexibility index (Phi) is 6.77. The Labute approximate surface area is 243 Å². The molecule has 9 heteroatoms. The molecule has 1 amide bonds. The summed E-state index contributed by atoms with van der Waals surface area (Å²) in [4.78, 5) is 31.7. The maximum Gasteiger partial charge on any atom is 0.269 e. The first-order valence-corrected chi connectivity index (χ1v) is 14.9. The molecule has 1 aromatic carbocycles. The Morgan fingerprint density at radius 3 is 2.71 bits per heavy atom. The van der Waals surface area contributed by atoms with Crippen LogP contribution in [0, 0.1) is 17.2 Å².